The molecule has 0 aliphatic rings. The average molecular weight is 417 g/mol. The van der Waals surface area contributed by atoms with E-state index < -0.39 is 0 Å². The molecule has 0 unspecified atom stereocenters. The minimum Gasteiger partial charge on any atom is -0.325 e. The predicted molar refractivity (Wildman–Crippen MR) is 118 cm³/mol. The molecule has 150 valence electrons. The molecule has 8 heteroatoms. The first kappa shape index (κ1) is 19.8. The Bertz CT molecular complexity index is 1160. The SMILES string of the molecule is Cc1ccc(-n2c(SCC(=O)Nc3cccc(C)c3)nnc2-c2cnccn2)cc1. The minimum atomic E-state index is -0.106. The number of amides is 1. The average Bonchev–Trinajstić information content (AvgIpc) is 3.17. The van der Waals surface area contributed by atoms with Crippen LogP contribution in [0.4, 0.5) is 5.69 Å². The smallest absolute Gasteiger partial charge is 0.234 e. The van der Waals surface area contributed by atoms with Crippen molar-refractivity contribution >= 4 is 23.4 Å². The van der Waals surface area contributed by atoms with Crippen LogP contribution < -0.4 is 5.32 Å². The highest BCUT2D eigenvalue weighted by atomic mass is 32.2. The van der Waals surface area contributed by atoms with Gasteiger partial charge in [0.25, 0.3) is 0 Å². The van der Waals surface area contributed by atoms with Crippen molar-refractivity contribution in [3.8, 4) is 17.2 Å². The Morgan fingerprint density at radius 3 is 2.60 bits per heavy atom. The summed E-state index contributed by atoms with van der Waals surface area (Å²) in [6.45, 7) is 4.02. The molecule has 1 amide bonds. The maximum absolute atomic E-state index is 12.5. The molecule has 7 nitrogen and oxygen atoms in total. The molecule has 0 bridgehead atoms. The zero-order valence-corrected chi connectivity index (χ0v) is 17.4. The second-order valence-electron chi connectivity index (χ2n) is 6.77. The van der Waals surface area contributed by atoms with E-state index in [0.29, 0.717) is 16.7 Å². The van der Waals surface area contributed by atoms with Gasteiger partial charge in [-0.15, -0.1) is 10.2 Å². The third kappa shape index (κ3) is 4.55. The molecule has 2 aromatic heterocycles. The second-order valence-corrected chi connectivity index (χ2v) is 7.72. The largest absolute Gasteiger partial charge is 0.325 e. The fourth-order valence-corrected chi connectivity index (χ4v) is 3.67. The minimum absolute atomic E-state index is 0.106. The Balaban J connectivity index is 1.59. The van der Waals surface area contributed by atoms with Gasteiger partial charge in [-0.2, -0.15) is 0 Å². The summed E-state index contributed by atoms with van der Waals surface area (Å²) in [7, 11) is 0. The summed E-state index contributed by atoms with van der Waals surface area (Å²) >= 11 is 1.32. The van der Waals surface area contributed by atoms with Crippen LogP contribution in [-0.4, -0.2) is 36.4 Å². The van der Waals surface area contributed by atoms with Crippen LogP contribution in [-0.2, 0) is 4.79 Å². The molecule has 4 aromatic rings. The summed E-state index contributed by atoms with van der Waals surface area (Å²) in [4.78, 5) is 20.9. The van der Waals surface area contributed by atoms with Crippen molar-refractivity contribution in [2.75, 3.05) is 11.1 Å². The molecule has 30 heavy (non-hydrogen) atoms. The van der Waals surface area contributed by atoms with Gasteiger partial charge in [-0.05, 0) is 43.7 Å². The van der Waals surface area contributed by atoms with E-state index in [1.54, 1.807) is 18.6 Å². The van der Waals surface area contributed by atoms with Crippen LogP contribution in [0, 0.1) is 13.8 Å². The van der Waals surface area contributed by atoms with Gasteiger partial charge in [-0.25, -0.2) is 4.98 Å². The number of hydrogen-bond acceptors (Lipinski definition) is 6. The molecule has 2 heterocycles. The van der Waals surface area contributed by atoms with Gasteiger partial charge in [-0.1, -0.05) is 41.6 Å². The molecule has 0 spiro atoms. The van der Waals surface area contributed by atoms with E-state index in [4.69, 9.17) is 0 Å². The highest BCUT2D eigenvalue weighted by Crippen LogP contribution is 2.27. The fraction of sp³-hybridized carbons (Fsp3) is 0.136. The quantitative estimate of drug-likeness (QED) is 0.477. The first-order chi connectivity index (χ1) is 14.6. The lowest BCUT2D eigenvalue weighted by Gasteiger charge is -2.10. The van der Waals surface area contributed by atoms with Gasteiger partial charge >= 0.3 is 0 Å². The monoisotopic (exact) mass is 416 g/mol. The standard InChI is InChI=1S/C22H20N6OS/c1-15-6-8-18(9-7-15)28-21(19-13-23-10-11-24-19)26-27-22(28)30-14-20(29)25-17-5-3-4-16(2)12-17/h3-13H,14H2,1-2H3,(H,25,29). The van der Waals surface area contributed by atoms with E-state index in [1.165, 1.54) is 11.8 Å². The van der Waals surface area contributed by atoms with Gasteiger partial charge in [0.05, 0.1) is 11.9 Å². The molecule has 4 rings (SSSR count). The number of aromatic nitrogens is 5. The van der Waals surface area contributed by atoms with Crippen LogP contribution in [0.2, 0.25) is 0 Å². The van der Waals surface area contributed by atoms with Crippen molar-refractivity contribution in [2.45, 2.75) is 19.0 Å². The first-order valence-electron chi connectivity index (χ1n) is 9.38. The maximum atomic E-state index is 12.5. The third-order valence-electron chi connectivity index (χ3n) is 4.35. The summed E-state index contributed by atoms with van der Waals surface area (Å²) in [5, 5.41) is 12.2. The Hall–Kier alpha value is -3.52. The lowest BCUT2D eigenvalue weighted by atomic mass is 10.2. The lowest BCUT2D eigenvalue weighted by molar-refractivity contribution is -0.113. The second kappa shape index (κ2) is 8.87. The van der Waals surface area contributed by atoms with Gasteiger partial charge in [-0.3, -0.25) is 14.3 Å². The molecule has 0 atom stereocenters. The number of anilines is 1. The molecule has 0 fully saturated rings. The predicted octanol–water partition coefficient (Wildman–Crippen LogP) is 4.07. The summed E-state index contributed by atoms with van der Waals surface area (Å²) < 4.78 is 1.90. The van der Waals surface area contributed by atoms with E-state index in [9.17, 15) is 4.79 Å². The van der Waals surface area contributed by atoms with Crippen molar-refractivity contribution in [1.29, 1.82) is 0 Å². The number of carbonyl (C=O) groups excluding carboxylic acids is 1. The summed E-state index contributed by atoms with van der Waals surface area (Å²) in [6.07, 6.45) is 4.88. The zero-order valence-electron chi connectivity index (χ0n) is 16.6. The highest BCUT2D eigenvalue weighted by molar-refractivity contribution is 7.99. The van der Waals surface area contributed by atoms with Crippen molar-refractivity contribution in [3.05, 3.63) is 78.2 Å². The number of carbonyl (C=O) groups is 1. The van der Waals surface area contributed by atoms with Gasteiger partial charge in [0.2, 0.25) is 5.91 Å². The molecule has 0 radical (unpaired) electrons. The van der Waals surface area contributed by atoms with Gasteiger partial charge in [0.15, 0.2) is 11.0 Å². The van der Waals surface area contributed by atoms with Crippen LogP contribution in [0.15, 0.2) is 72.3 Å². The summed E-state index contributed by atoms with van der Waals surface area (Å²) in [5.74, 6) is 0.678. The number of rotatable bonds is 6. The lowest BCUT2D eigenvalue weighted by Crippen LogP contribution is -2.14. The summed E-state index contributed by atoms with van der Waals surface area (Å²) in [5.41, 5.74) is 4.53. The van der Waals surface area contributed by atoms with Crippen LogP contribution >= 0.6 is 11.8 Å². The summed E-state index contributed by atoms with van der Waals surface area (Å²) in [6, 6.07) is 15.7. The highest BCUT2D eigenvalue weighted by Gasteiger charge is 2.18. The molecule has 0 saturated carbocycles. The molecule has 2 aromatic carbocycles. The maximum Gasteiger partial charge on any atom is 0.234 e. The Labute approximate surface area is 178 Å². The molecule has 1 N–H and O–H groups in total. The fourth-order valence-electron chi connectivity index (χ4n) is 2.92. The Morgan fingerprint density at radius 1 is 1.03 bits per heavy atom. The molecular weight excluding hydrogens is 396 g/mol. The van der Waals surface area contributed by atoms with Crippen LogP contribution in [0.25, 0.3) is 17.2 Å². The van der Waals surface area contributed by atoms with Crippen molar-refractivity contribution in [1.82, 2.24) is 24.7 Å². The first-order valence-corrected chi connectivity index (χ1v) is 10.4. The Morgan fingerprint density at radius 2 is 1.87 bits per heavy atom. The number of nitrogens with one attached hydrogen (secondary N) is 1. The normalized spacial score (nSPS) is 10.7. The number of aryl methyl sites for hydroxylation is 2. The topological polar surface area (TPSA) is 85.6 Å². The van der Waals surface area contributed by atoms with Crippen LogP contribution in [0.1, 0.15) is 11.1 Å². The van der Waals surface area contributed by atoms with Crippen molar-refractivity contribution in [3.63, 3.8) is 0 Å². The van der Waals surface area contributed by atoms with Crippen molar-refractivity contribution in [2.24, 2.45) is 0 Å². The van der Waals surface area contributed by atoms with Gasteiger partial charge in [0.1, 0.15) is 5.69 Å². The number of thioether (sulfide) groups is 1. The van der Waals surface area contributed by atoms with Crippen LogP contribution in [0.5, 0.6) is 0 Å². The molecule has 0 aliphatic carbocycles. The van der Waals surface area contributed by atoms with E-state index in [1.807, 2.05) is 66.9 Å². The number of benzene rings is 2. The third-order valence-corrected chi connectivity index (χ3v) is 5.28. The van der Waals surface area contributed by atoms with E-state index in [0.717, 1.165) is 22.5 Å². The molecule has 0 saturated heterocycles. The zero-order chi connectivity index (χ0) is 20.9. The van der Waals surface area contributed by atoms with Crippen molar-refractivity contribution < 1.29 is 4.79 Å². The molecule has 0 aliphatic heterocycles. The van der Waals surface area contributed by atoms with Gasteiger partial charge < -0.3 is 5.32 Å². The van der Waals surface area contributed by atoms with Gasteiger partial charge in [0, 0.05) is 23.8 Å². The van der Waals surface area contributed by atoms with E-state index >= 15 is 0 Å². The van der Waals surface area contributed by atoms with Crippen LogP contribution in [0.3, 0.4) is 0 Å². The number of hydrogen-bond donors (Lipinski definition) is 1. The number of nitrogens with zero attached hydrogens (tertiary/aromatic N) is 5. The Kier molecular flexibility index (Phi) is 5.85. The molecular formula is C22H20N6OS. The van der Waals surface area contributed by atoms with E-state index in [-0.39, 0.29) is 11.7 Å². The van der Waals surface area contributed by atoms with E-state index in [2.05, 4.69) is 25.5 Å².